The molecule has 23 heavy (non-hydrogen) atoms. The quantitative estimate of drug-likeness (QED) is 0.891. The molecule has 0 saturated carbocycles. The molecule has 1 aliphatic rings. The van der Waals surface area contributed by atoms with Crippen LogP contribution < -0.4 is 4.90 Å². The van der Waals surface area contributed by atoms with Crippen LogP contribution in [0.5, 0.6) is 0 Å². The number of nitrogens with zero attached hydrogens (tertiary/aromatic N) is 2. The van der Waals surface area contributed by atoms with Crippen molar-refractivity contribution in [3.8, 4) is 6.07 Å². The number of aliphatic hydroxyl groups excluding tert-OH is 1. The van der Waals surface area contributed by atoms with Crippen molar-refractivity contribution < 1.29 is 27.8 Å². The number of aliphatic hydroxyl groups is 1. The van der Waals surface area contributed by atoms with Gasteiger partial charge in [0.2, 0.25) is 0 Å². The predicted molar refractivity (Wildman–Crippen MR) is 75.2 cm³/mol. The number of halogens is 4. The van der Waals surface area contributed by atoms with E-state index in [-0.39, 0.29) is 21.8 Å². The van der Waals surface area contributed by atoms with Crippen LogP contribution in [0.1, 0.15) is 18.1 Å². The summed E-state index contributed by atoms with van der Waals surface area (Å²) in [5.41, 5.74) is 0.425. The topological polar surface area (TPSA) is 73.6 Å². The minimum atomic E-state index is -4.92. The Balaban J connectivity index is 2.54. The maximum atomic E-state index is 12.9. The van der Waals surface area contributed by atoms with E-state index < -0.39 is 30.5 Å². The fourth-order valence-corrected chi connectivity index (χ4v) is 2.69. The van der Waals surface area contributed by atoms with Crippen molar-refractivity contribution in [3.63, 3.8) is 0 Å². The zero-order chi connectivity index (χ0) is 17.5. The van der Waals surface area contributed by atoms with Gasteiger partial charge in [-0.15, -0.1) is 0 Å². The molecule has 1 aromatic carbocycles. The summed E-state index contributed by atoms with van der Waals surface area (Å²) in [6.45, 7) is 2.73. The third-order valence-electron chi connectivity index (χ3n) is 3.66. The van der Waals surface area contributed by atoms with Crippen molar-refractivity contribution >= 4 is 23.4 Å². The summed E-state index contributed by atoms with van der Waals surface area (Å²) in [6.07, 6.45) is -9.89. The molecule has 0 aromatic heterocycles. The Bertz CT molecular complexity index is 687. The van der Waals surface area contributed by atoms with E-state index in [1.54, 1.807) is 0 Å². The lowest BCUT2D eigenvalue weighted by Crippen LogP contribution is -2.51. The number of alkyl halides is 3. The summed E-state index contributed by atoms with van der Waals surface area (Å²) < 4.78 is 43.5. The van der Waals surface area contributed by atoms with E-state index >= 15 is 0 Å². The fraction of sp³-hybridized carbons (Fsp3) is 0.429. The molecule has 2 rings (SSSR count). The second-order valence-corrected chi connectivity index (χ2v) is 5.50. The number of carbonyl (C=O) groups is 1. The SMILES string of the molecule is Cc1c(N2C(=O)O[C@@H](C)[C@@H]2[C@H](O)C(F)(F)F)ccc(C#N)c1Cl. The lowest BCUT2D eigenvalue weighted by Gasteiger charge is -2.30. The Kier molecular flexibility index (Phi) is 4.46. The minimum Gasteiger partial charge on any atom is -0.444 e. The molecule has 0 radical (unpaired) electrons. The standard InChI is InChI=1S/C14H12ClF3N2O3/c1-6-9(4-3-8(5-19)10(6)15)20-11(7(2)23-13(20)22)12(21)14(16,17)18/h3-4,7,11-12,21H,1-2H3/t7-,11+,12-/m0/s1. The van der Waals surface area contributed by atoms with Crippen LogP contribution in [0, 0.1) is 18.3 Å². The molecule has 1 aromatic rings. The van der Waals surface area contributed by atoms with Gasteiger partial charge in [0.05, 0.1) is 16.3 Å². The number of ether oxygens (including phenoxy) is 1. The van der Waals surface area contributed by atoms with Crippen LogP contribution in [0.2, 0.25) is 5.02 Å². The molecule has 124 valence electrons. The third-order valence-corrected chi connectivity index (χ3v) is 4.15. The molecule has 1 amide bonds. The van der Waals surface area contributed by atoms with E-state index in [4.69, 9.17) is 21.6 Å². The first-order valence-corrected chi connectivity index (χ1v) is 6.91. The second kappa shape index (κ2) is 5.91. The molecule has 0 bridgehead atoms. The van der Waals surface area contributed by atoms with E-state index in [2.05, 4.69) is 0 Å². The first kappa shape index (κ1) is 17.4. The summed E-state index contributed by atoms with van der Waals surface area (Å²) >= 11 is 5.99. The van der Waals surface area contributed by atoms with Gasteiger partial charge in [0.1, 0.15) is 18.2 Å². The second-order valence-electron chi connectivity index (χ2n) is 5.12. The number of anilines is 1. The van der Waals surface area contributed by atoms with Crippen LogP contribution in [-0.2, 0) is 4.74 Å². The zero-order valence-electron chi connectivity index (χ0n) is 12.1. The average molecular weight is 349 g/mol. The van der Waals surface area contributed by atoms with Gasteiger partial charge < -0.3 is 9.84 Å². The normalized spacial score (nSPS) is 22.7. The summed E-state index contributed by atoms with van der Waals surface area (Å²) in [4.78, 5) is 12.7. The smallest absolute Gasteiger partial charge is 0.416 e. The fourth-order valence-electron chi connectivity index (χ4n) is 2.49. The number of cyclic esters (lactones) is 1. The van der Waals surface area contributed by atoms with E-state index in [0.29, 0.717) is 0 Å². The molecule has 9 heteroatoms. The number of rotatable bonds is 2. The van der Waals surface area contributed by atoms with Crippen molar-refractivity contribution in [1.82, 2.24) is 0 Å². The highest BCUT2D eigenvalue weighted by atomic mass is 35.5. The summed E-state index contributed by atoms with van der Waals surface area (Å²) in [5, 5.41) is 18.5. The molecule has 1 saturated heterocycles. The number of carbonyl (C=O) groups excluding carboxylic acids is 1. The van der Waals surface area contributed by atoms with Gasteiger partial charge in [-0.1, -0.05) is 11.6 Å². The van der Waals surface area contributed by atoms with Gasteiger partial charge in [0.15, 0.2) is 6.10 Å². The first-order valence-electron chi connectivity index (χ1n) is 6.53. The van der Waals surface area contributed by atoms with Gasteiger partial charge in [-0.05, 0) is 31.5 Å². The van der Waals surface area contributed by atoms with Crippen LogP contribution in [0.25, 0.3) is 0 Å². The number of benzene rings is 1. The summed E-state index contributed by atoms with van der Waals surface area (Å²) in [5.74, 6) is 0. The molecule has 0 aliphatic carbocycles. The molecule has 0 spiro atoms. The highest BCUT2D eigenvalue weighted by Gasteiger charge is 2.54. The van der Waals surface area contributed by atoms with Crippen molar-refractivity contribution in [3.05, 3.63) is 28.3 Å². The Hall–Kier alpha value is -1.98. The van der Waals surface area contributed by atoms with E-state index in [0.717, 1.165) is 4.90 Å². The maximum Gasteiger partial charge on any atom is 0.416 e. The lowest BCUT2D eigenvalue weighted by molar-refractivity contribution is -0.212. The minimum absolute atomic E-state index is 0.0256. The van der Waals surface area contributed by atoms with E-state index in [1.165, 1.54) is 26.0 Å². The number of hydrogen-bond acceptors (Lipinski definition) is 4. The van der Waals surface area contributed by atoms with Gasteiger partial charge in [-0.3, -0.25) is 4.90 Å². The Morgan fingerprint density at radius 1 is 1.48 bits per heavy atom. The summed E-state index contributed by atoms with van der Waals surface area (Å²) in [7, 11) is 0. The molecular weight excluding hydrogens is 337 g/mol. The van der Waals surface area contributed by atoms with Gasteiger partial charge in [-0.25, -0.2) is 4.79 Å². The Morgan fingerprint density at radius 3 is 2.61 bits per heavy atom. The largest absolute Gasteiger partial charge is 0.444 e. The van der Waals surface area contributed by atoms with Crippen molar-refractivity contribution in [1.29, 1.82) is 5.26 Å². The molecule has 3 atom stereocenters. The van der Waals surface area contributed by atoms with Gasteiger partial charge in [-0.2, -0.15) is 18.4 Å². The van der Waals surface area contributed by atoms with Crippen LogP contribution in [0.15, 0.2) is 12.1 Å². The number of amides is 1. The highest BCUT2D eigenvalue weighted by Crippen LogP contribution is 2.38. The van der Waals surface area contributed by atoms with Crippen LogP contribution in [0.4, 0.5) is 23.7 Å². The number of nitriles is 1. The Morgan fingerprint density at radius 2 is 2.09 bits per heavy atom. The van der Waals surface area contributed by atoms with Gasteiger partial charge in [0.25, 0.3) is 0 Å². The Labute approximate surface area is 134 Å². The first-order chi connectivity index (χ1) is 10.6. The lowest BCUT2D eigenvalue weighted by atomic mass is 10.0. The zero-order valence-corrected chi connectivity index (χ0v) is 12.8. The molecule has 1 N–H and O–H groups in total. The molecule has 1 fully saturated rings. The molecule has 1 aliphatic heterocycles. The maximum absolute atomic E-state index is 12.9. The third kappa shape index (κ3) is 2.94. The van der Waals surface area contributed by atoms with Crippen molar-refractivity contribution in [2.45, 2.75) is 38.3 Å². The van der Waals surface area contributed by atoms with Crippen molar-refractivity contribution in [2.75, 3.05) is 4.90 Å². The van der Waals surface area contributed by atoms with Gasteiger partial charge in [0, 0.05) is 0 Å². The monoisotopic (exact) mass is 348 g/mol. The van der Waals surface area contributed by atoms with Crippen LogP contribution >= 0.6 is 11.6 Å². The van der Waals surface area contributed by atoms with Crippen LogP contribution in [0.3, 0.4) is 0 Å². The molecule has 1 heterocycles. The molecule has 5 nitrogen and oxygen atoms in total. The van der Waals surface area contributed by atoms with E-state index in [1.807, 2.05) is 6.07 Å². The highest BCUT2D eigenvalue weighted by molar-refractivity contribution is 6.33. The van der Waals surface area contributed by atoms with Gasteiger partial charge >= 0.3 is 12.3 Å². The molecule has 0 unspecified atom stereocenters. The van der Waals surface area contributed by atoms with Crippen LogP contribution in [-0.4, -0.2) is 35.6 Å². The predicted octanol–water partition coefficient (Wildman–Crippen LogP) is 3.16. The van der Waals surface area contributed by atoms with Crippen molar-refractivity contribution in [2.24, 2.45) is 0 Å². The summed E-state index contributed by atoms with van der Waals surface area (Å²) in [6, 6.07) is 2.78. The molecular formula is C14H12ClF3N2O3. The number of hydrogen-bond donors (Lipinski definition) is 1. The average Bonchev–Trinajstić information content (AvgIpc) is 2.74. The van der Waals surface area contributed by atoms with E-state index in [9.17, 15) is 23.1 Å².